The van der Waals surface area contributed by atoms with Crippen LogP contribution < -0.4 is 4.74 Å². The van der Waals surface area contributed by atoms with Crippen LogP contribution in [0.3, 0.4) is 0 Å². The molecule has 0 unspecified atom stereocenters. The van der Waals surface area contributed by atoms with Crippen LogP contribution in [-0.2, 0) is 4.74 Å². The number of ether oxygens (including phenoxy) is 2. The molecule has 1 aromatic rings. The molecule has 0 spiro atoms. The number of methoxy groups -OCH3 is 2. The highest BCUT2D eigenvalue weighted by atomic mass is 16.5. The lowest BCUT2D eigenvalue weighted by Crippen LogP contribution is -2.23. The van der Waals surface area contributed by atoms with Crippen LogP contribution in [0, 0.1) is 0 Å². The number of benzene rings is 1. The number of aliphatic imine (C=N–C) groups is 1. The van der Waals surface area contributed by atoms with Gasteiger partial charge >= 0.3 is 0 Å². The molecule has 3 heteroatoms. The molecule has 1 aromatic carbocycles. The quantitative estimate of drug-likeness (QED) is 0.815. The normalized spacial score (nSPS) is 22.1. The van der Waals surface area contributed by atoms with E-state index >= 15 is 0 Å². The monoisotopic (exact) mass is 243 g/mol. The molecule has 0 saturated carbocycles. The van der Waals surface area contributed by atoms with Gasteiger partial charge in [-0.25, -0.2) is 4.99 Å². The predicted octanol–water partition coefficient (Wildman–Crippen LogP) is 3.30. The van der Waals surface area contributed by atoms with Gasteiger partial charge in [0.25, 0.3) is 0 Å². The number of hydrogen-bond acceptors (Lipinski definition) is 3. The van der Waals surface area contributed by atoms with Crippen molar-refractivity contribution in [3.8, 4) is 5.75 Å². The Kier molecular flexibility index (Phi) is 3.63. The van der Waals surface area contributed by atoms with Crippen molar-refractivity contribution in [2.24, 2.45) is 4.99 Å². The molecule has 1 aliphatic carbocycles. The fourth-order valence-corrected chi connectivity index (χ4v) is 1.63. The summed E-state index contributed by atoms with van der Waals surface area (Å²) in [5.41, 5.74) is 1.50. The lowest BCUT2D eigenvalue weighted by Gasteiger charge is -2.22. The molecule has 1 aliphatic rings. The maximum absolute atomic E-state index is 5.36. The summed E-state index contributed by atoms with van der Waals surface area (Å²) in [6, 6.07) is 7.65. The minimum atomic E-state index is -0.321. The highest BCUT2D eigenvalue weighted by Gasteiger charge is 2.18. The molecule has 0 saturated heterocycles. The van der Waals surface area contributed by atoms with E-state index in [1.807, 2.05) is 55.5 Å². The smallest absolute Gasteiger partial charge is 0.119 e. The molecule has 0 bridgehead atoms. The van der Waals surface area contributed by atoms with Crippen LogP contribution in [0.15, 0.2) is 53.6 Å². The molecular weight excluding hydrogens is 226 g/mol. The van der Waals surface area contributed by atoms with Crippen molar-refractivity contribution in [2.45, 2.75) is 12.5 Å². The van der Waals surface area contributed by atoms with Gasteiger partial charge in [-0.1, -0.05) is 0 Å². The van der Waals surface area contributed by atoms with Gasteiger partial charge in [-0.15, -0.1) is 0 Å². The van der Waals surface area contributed by atoms with Crippen molar-refractivity contribution < 1.29 is 9.47 Å². The Bertz CT molecular complexity index is 482. The number of nitrogens with zero attached hydrogens (tertiary/aromatic N) is 1. The lowest BCUT2D eigenvalue weighted by atomic mass is 9.99. The van der Waals surface area contributed by atoms with Crippen LogP contribution in [-0.4, -0.2) is 25.5 Å². The van der Waals surface area contributed by atoms with Crippen molar-refractivity contribution >= 4 is 11.4 Å². The Morgan fingerprint density at radius 3 is 2.11 bits per heavy atom. The van der Waals surface area contributed by atoms with Gasteiger partial charge < -0.3 is 9.47 Å². The molecule has 0 aliphatic heterocycles. The second-order valence-corrected chi connectivity index (χ2v) is 4.29. The number of hydrogen-bond donors (Lipinski definition) is 0. The Balaban J connectivity index is 2.15. The third-order valence-corrected chi connectivity index (χ3v) is 2.94. The van der Waals surface area contributed by atoms with Gasteiger partial charge in [-0.2, -0.15) is 0 Å². The average Bonchev–Trinajstić information content (AvgIpc) is 2.42. The van der Waals surface area contributed by atoms with E-state index in [9.17, 15) is 0 Å². The van der Waals surface area contributed by atoms with Gasteiger partial charge in [0.15, 0.2) is 0 Å². The molecule has 0 aromatic heterocycles. The molecule has 0 N–H and O–H groups in total. The summed E-state index contributed by atoms with van der Waals surface area (Å²) in [4.78, 5) is 4.53. The van der Waals surface area contributed by atoms with Crippen LogP contribution in [0.2, 0.25) is 0 Å². The zero-order chi connectivity index (χ0) is 13.0. The van der Waals surface area contributed by atoms with Gasteiger partial charge in [-0.3, -0.25) is 0 Å². The fourth-order valence-electron chi connectivity index (χ4n) is 1.63. The second-order valence-electron chi connectivity index (χ2n) is 4.29. The van der Waals surface area contributed by atoms with Crippen molar-refractivity contribution in [1.82, 2.24) is 0 Å². The standard InChI is InChI=1S/C15H17NO2/c1-15(18-3)10-8-13(9-11-15)16-12-4-6-14(17-2)7-5-12/h4-11H,1-3H3. The maximum Gasteiger partial charge on any atom is 0.119 e. The van der Waals surface area contributed by atoms with Crippen LogP contribution in [0.25, 0.3) is 0 Å². The molecule has 2 rings (SSSR count). The predicted molar refractivity (Wildman–Crippen MR) is 73.8 cm³/mol. The summed E-state index contributed by atoms with van der Waals surface area (Å²) in [5, 5.41) is 0. The molecule has 0 heterocycles. The zero-order valence-electron chi connectivity index (χ0n) is 10.9. The highest BCUT2D eigenvalue weighted by molar-refractivity contribution is 6.06. The van der Waals surface area contributed by atoms with Gasteiger partial charge in [0.05, 0.1) is 18.5 Å². The van der Waals surface area contributed by atoms with E-state index in [1.165, 1.54) is 0 Å². The topological polar surface area (TPSA) is 30.8 Å². The van der Waals surface area contributed by atoms with Crippen LogP contribution in [0.5, 0.6) is 5.75 Å². The summed E-state index contributed by atoms with van der Waals surface area (Å²) in [5.74, 6) is 0.834. The third-order valence-electron chi connectivity index (χ3n) is 2.94. The first kappa shape index (κ1) is 12.6. The summed E-state index contributed by atoms with van der Waals surface area (Å²) in [6.07, 6.45) is 7.92. The van der Waals surface area contributed by atoms with E-state index in [0.29, 0.717) is 0 Å². The SMILES string of the molecule is COc1ccc(N=C2C=CC(C)(OC)C=C2)cc1. The summed E-state index contributed by atoms with van der Waals surface area (Å²) < 4.78 is 10.5. The first-order chi connectivity index (χ1) is 8.65. The largest absolute Gasteiger partial charge is 0.497 e. The Labute approximate surface area is 107 Å². The molecule has 18 heavy (non-hydrogen) atoms. The van der Waals surface area contributed by atoms with Gasteiger partial charge in [0.1, 0.15) is 11.4 Å². The average molecular weight is 243 g/mol. The highest BCUT2D eigenvalue weighted by Crippen LogP contribution is 2.21. The van der Waals surface area contributed by atoms with Crippen LogP contribution in [0.1, 0.15) is 6.92 Å². The van der Waals surface area contributed by atoms with E-state index in [1.54, 1.807) is 14.2 Å². The molecule has 94 valence electrons. The Morgan fingerprint density at radius 1 is 1.00 bits per heavy atom. The number of rotatable bonds is 3. The zero-order valence-corrected chi connectivity index (χ0v) is 10.9. The molecule has 3 nitrogen and oxygen atoms in total. The van der Waals surface area contributed by atoms with Crippen LogP contribution >= 0.6 is 0 Å². The van der Waals surface area contributed by atoms with Gasteiger partial charge in [0.2, 0.25) is 0 Å². The molecule has 0 radical (unpaired) electrons. The van der Waals surface area contributed by atoms with E-state index in [2.05, 4.69) is 4.99 Å². The second kappa shape index (κ2) is 5.19. The third kappa shape index (κ3) is 2.87. The Morgan fingerprint density at radius 2 is 1.61 bits per heavy atom. The maximum atomic E-state index is 5.36. The summed E-state index contributed by atoms with van der Waals surface area (Å²) in [7, 11) is 3.35. The van der Waals surface area contributed by atoms with Crippen molar-refractivity contribution in [2.75, 3.05) is 14.2 Å². The van der Waals surface area contributed by atoms with Gasteiger partial charge in [-0.05, 0) is 55.5 Å². The molecule has 0 atom stereocenters. The van der Waals surface area contributed by atoms with E-state index in [4.69, 9.17) is 9.47 Å². The summed E-state index contributed by atoms with van der Waals surface area (Å²) >= 11 is 0. The first-order valence-electron chi connectivity index (χ1n) is 5.81. The van der Waals surface area contributed by atoms with E-state index in [-0.39, 0.29) is 5.60 Å². The lowest BCUT2D eigenvalue weighted by molar-refractivity contribution is 0.0904. The minimum absolute atomic E-state index is 0.321. The fraction of sp³-hybridized carbons (Fsp3) is 0.267. The number of allylic oxidation sites excluding steroid dienone is 2. The summed E-state index contributed by atoms with van der Waals surface area (Å²) in [6.45, 7) is 2.00. The van der Waals surface area contributed by atoms with Crippen molar-refractivity contribution in [3.63, 3.8) is 0 Å². The van der Waals surface area contributed by atoms with Crippen LogP contribution in [0.4, 0.5) is 5.69 Å². The van der Waals surface area contributed by atoms with Crippen molar-refractivity contribution in [1.29, 1.82) is 0 Å². The Hall–Kier alpha value is -1.87. The van der Waals surface area contributed by atoms with Gasteiger partial charge in [0, 0.05) is 7.11 Å². The molecule has 0 fully saturated rings. The van der Waals surface area contributed by atoms with E-state index in [0.717, 1.165) is 17.1 Å². The molecule has 0 amide bonds. The van der Waals surface area contributed by atoms with E-state index < -0.39 is 0 Å². The van der Waals surface area contributed by atoms with Crippen molar-refractivity contribution in [3.05, 3.63) is 48.6 Å². The minimum Gasteiger partial charge on any atom is -0.497 e. The first-order valence-corrected chi connectivity index (χ1v) is 5.81. The molecular formula is C15H17NO2.